The van der Waals surface area contributed by atoms with Crippen molar-refractivity contribution in [2.24, 2.45) is 0 Å². The Labute approximate surface area is 113 Å². The summed E-state index contributed by atoms with van der Waals surface area (Å²) in [6, 6.07) is -0.195. The molecule has 2 rings (SSSR count). The maximum absolute atomic E-state index is 12.0. The molecule has 19 heavy (non-hydrogen) atoms. The molecule has 0 aliphatic carbocycles. The minimum atomic E-state index is -0.179. The summed E-state index contributed by atoms with van der Waals surface area (Å²) in [5.74, 6) is 0.193. The molecule has 2 fully saturated rings. The number of carbonyl (C=O) groups is 2. The number of methoxy groups -OCH3 is 1. The zero-order valence-electron chi connectivity index (χ0n) is 11.6. The minimum Gasteiger partial charge on any atom is -0.380 e. The van der Waals surface area contributed by atoms with Gasteiger partial charge in [-0.15, -0.1) is 0 Å². The van der Waals surface area contributed by atoms with Crippen LogP contribution in [0.1, 0.15) is 26.2 Å². The Balaban J connectivity index is 1.74. The molecule has 2 amide bonds. The maximum atomic E-state index is 12.0. The van der Waals surface area contributed by atoms with Crippen molar-refractivity contribution in [1.82, 2.24) is 15.5 Å². The highest BCUT2D eigenvalue weighted by molar-refractivity contribution is 5.82. The van der Waals surface area contributed by atoms with E-state index in [1.807, 2.05) is 11.8 Å². The first-order valence-electron chi connectivity index (χ1n) is 6.94. The third kappa shape index (κ3) is 3.67. The molecule has 0 aromatic rings. The summed E-state index contributed by atoms with van der Waals surface area (Å²) in [5.41, 5.74) is 0. The Kier molecular flexibility index (Phi) is 4.76. The van der Waals surface area contributed by atoms with Gasteiger partial charge in [-0.2, -0.15) is 0 Å². The smallest absolute Gasteiger partial charge is 0.237 e. The van der Waals surface area contributed by atoms with Gasteiger partial charge in [0.05, 0.1) is 12.1 Å². The van der Waals surface area contributed by atoms with Crippen molar-refractivity contribution >= 4 is 11.8 Å². The van der Waals surface area contributed by atoms with Crippen LogP contribution in [-0.2, 0) is 14.3 Å². The van der Waals surface area contributed by atoms with Gasteiger partial charge in [-0.25, -0.2) is 0 Å². The molecule has 2 saturated heterocycles. The molecule has 0 aromatic carbocycles. The van der Waals surface area contributed by atoms with E-state index >= 15 is 0 Å². The number of hydrogen-bond acceptors (Lipinski definition) is 4. The summed E-state index contributed by atoms with van der Waals surface area (Å²) in [6.07, 6.45) is 2.39. The molecule has 2 aliphatic heterocycles. The van der Waals surface area contributed by atoms with E-state index in [2.05, 4.69) is 10.6 Å². The molecule has 2 heterocycles. The molecular formula is C13H23N3O3. The molecule has 2 aliphatic rings. The van der Waals surface area contributed by atoms with Crippen LogP contribution in [0.4, 0.5) is 0 Å². The zero-order valence-corrected chi connectivity index (χ0v) is 11.6. The van der Waals surface area contributed by atoms with Crippen LogP contribution in [0.25, 0.3) is 0 Å². The molecular weight excluding hydrogens is 246 g/mol. The second-order valence-electron chi connectivity index (χ2n) is 5.41. The van der Waals surface area contributed by atoms with Gasteiger partial charge in [-0.1, -0.05) is 0 Å². The summed E-state index contributed by atoms with van der Waals surface area (Å²) < 4.78 is 5.22. The number of nitrogens with one attached hydrogen (secondary N) is 2. The van der Waals surface area contributed by atoms with E-state index in [0.29, 0.717) is 25.9 Å². The highest BCUT2D eigenvalue weighted by Gasteiger charge is 2.30. The van der Waals surface area contributed by atoms with Crippen molar-refractivity contribution in [2.75, 3.05) is 26.7 Å². The van der Waals surface area contributed by atoms with E-state index in [1.165, 1.54) is 0 Å². The topological polar surface area (TPSA) is 70.7 Å². The van der Waals surface area contributed by atoms with Crippen molar-refractivity contribution in [3.05, 3.63) is 0 Å². The number of rotatable bonds is 5. The maximum Gasteiger partial charge on any atom is 0.237 e. The number of ether oxygens (including phenoxy) is 1. The molecule has 0 bridgehead atoms. The quantitative estimate of drug-likeness (QED) is 0.705. The lowest BCUT2D eigenvalue weighted by atomic mass is 10.2. The molecule has 3 unspecified atom stereocenters. The van der Waals surface area contributed by atoms with Gasteiger partial charge in [-0.05, 0) is 19.8 Å². The predicted molar refractivity (Wildman–Crippen MR) is 70.6 cm³/mol. The predicted octanol–water partition coefficient (Wildman–Crippen LogP) is -0.510. The van der Waals surface area contributed by atoms with Crippen molar-refractivity contribution in [3.63, 3.8) is 0 Å². The molecule has 0 aromatic heterocycles. The Morgan fingerprint density at radius 1 is 1.63 bits per heavy atom. The number of carbonyl (C=O) groups excluding carboxylic acids is 2. The summed E-state index contributed by atoms with van der Waals surface area (Å²) >= 11 is 0. The summed E-state index contributed by atoms with van der Waals surface area (Å²) in [6.45, 7) is 4.07. The van der Waals surface area contributed by atoms with Crippen molar-refractivity contribution in [2.45, 2.75) is 44.4 Å². The number of hydrogen-bond donors (Lipinski definition) is 2. The lowest BCUT2D eigenvalue weighted by Crippen LogP contribution is -2.48. The number of nitrogens with zero attached hydrogens (tertiary/aromatic N) is 1. The van der Waals surface area contributed by atoms with Crippen LogP contribution < -0.4 is 10.6 Å². The fourth-order valence-corrected chi connectivity index (χ4v) is 2.70. The van der Waals surface area contributed by atoms with E-state index in [-0.39, 0.29) is 30.0 Å². The van der Waals surface area contributed by atoms with Crippen molar-refractivity contribution < 1.29 is 14.3 Å². The largest absolute Gasteiger partial charge is 0.380 e. The molecule has 108 valence electrons. The van der Waals surface area contributed by atoms with Crippen LogP contribution in [0.2, 0.25) is 0 Å². The van der Waals surface area contributed by atoms with Crippen LogP contribution in [-0.4, -0.2) is 61.6 Å². The second kappa shape index (κ2) is 6.34. The van der Waals surface area contributed by atoms with Crippen LogP contribution in [0.5, 0.6) is 0 Å². The van der Waals surface area contributed by atoms with Crippen molar-refractivity contribution in [1.29, 1.82) is 0 Å². The van der Waals surface area contributed by atoms with E-state index in [1.54, 1.807) is 7.11 Å². The van der Waals surface area contributed by atoms with Gasteiger partial charge < -0.3 is 20.3 Å². The van der Waals surface area contributed by atoms with E-state index < -0.39 is 0 Å². The van der Waals surface area contributed by atoms with Crippen molar-refractivity contribution in [3.8, 4) is 0 Å². The normalized spacial score (nSPS) is 28.7. The Bertz CT molecular complexity index is 348. The average Bonchev–Trinajstić information content (AvgIpc) is 2.99. The molecule has 6 heteroatoms. The molecule has 3 atom stereocenters. The van der Waals surface area contributed by atoms with Gasteiger partial charge in [-0.3, -0.25) is 9.59 Å². The monoisotopic (exact) mass is 269 g/mol. The first-order chi connectivity index (χ1) is 9.10. The third-order valence-electron chi connectivity index (χ3n) is 3.79. The lowest BCUT2D eigenvalue weighted by Gasteiger charge is -2.23. The standard InChI is InChI=1S/C13H23N3O3/c1-9(8-16-5-3-4-12(16)17)15-13(18)11-6-10(19-2)7-14-11/h9-11,14H,3-8H2,1-2H3,(H,15,18). The van der Waals surface area contributed by atoms with Gasteiger partial charge in [0, 0.05) is 39.2 Å². The van der Waals surface area contributed by atoms with Gasteiger partial charge in [0.25, 0.3) is 0 Å². The van der Waals surface area contributed by atoms with Gasteiger partial charge in [0.2, 0.25) is 11.8 Å². The molecule has 0 saturated carbocycles. The summed E-state index contributed by atoms with van der Waals surface area (Å²) in [4.78, 5) is 25.4. The average molecular weight is 269 g/mol. The number of amides is 2. The van der Waals surface area contributed by atoms with Gasteiger partial charge in [0.1, 0.15) is 0 Å². The number of likely N-dealkylation sites (tertiary alicyclic amines) is 1. The van der Waals surface area contributed by atoms with E-state index in [9.17, 15) is 9.59 Å². The van der Waals surface area contributed by atoms with Crippen LogP contribution in [0, 0.1) is 0 Å². The third-order valence-corrected chi connectivity index (χ3v) is 3.79. The highest BCUT2D eigenvalue weighted by Crippen LogP contribution is 2.11. The Morgan fingerprint density at radius 2 is 2.42 bits per heavy atom. The molecule has 6 nitrogen and oxygen atoms in total. The lowest BCUT2D eigenvalue weighted by molar-refractivity contribution is -0.129. The first-order valence-corrected chi connectivity index (χ1v) is 6.94. The van der Waals surface area contributed by atoms with E-state index in [4.69, 9.17) is 4.74 Å². The minimum absolute atomic E-state index is 0.00121. The molecule has 0 spiro atoms. The fourth-order valence-electron chi connectivity index (χ4n) is 2.70. The molecule has 0 radical (unpaired) electrons. The molecule has 2 N–H and O–H groups in total. The second-order valence-corrected chi connectivity index (χ2v) is 5.41. The van der Waals surface area contributed by atoms with Crippen LogP contribution in [0.15, 0.2) is 0 Å². The zero-order chi connectivity index (χ0) is 13.8. The summed E-state index contributed by atoms with van der Waals surface area (Å²) in [5, 5.41) is 6.11. The van der Waals surface area contributed by atoms with Crippen LogP contribution >= 0.6 is 0 Å². The first kappa shape index (κ1) is 14.3. The summed E-state index contributed by atoms with van der Waals surface area (Å²) in [7, 11) is 1.66. The van der Waals surface area contributed by atoms with Gasteiger partial charge in [0.15, 0.2) is 0 Å². The Hall–Kier alpha value is -1.14. The van der Waals surface area contributed by atoms with E-state index in [0.717, 1.165) is 13.0 Å². The Morgan fingerprint density at radius 3 is 3.00 bits per heavy atom. The van der Waals surface area contributed by atoms with Gasteiger partial charge >= 0.3 is 0 Å². The fraction of sp³-hybridized carbons (Fsp3) is 0.846. The van der Waals surface area contributed by atoms with Crippen LogP contribution in [0.3, 0.4) is 0 Å². The highest BCUT2D eigenvalue weighted by atomic mass is 16.5. The SMILES string of the molecule is COC1CNC(C(=O)NC(C)CN2CCCC2=O)C1.